The number of aryl methyl sites for hydroxylation is 1. The molecule has 0 radical (unpaired) electrons. The Balaban J connectivity index is 1.82. The average Bonchev–Trinajstić information content (AvgIpc) is 2.96. The summed E-state index contributed by atoms with van der Waals surface area (Å²) in [6, 6.07) is 11.9. The molecule has 3 N–H and O–H groups in total. The Morgan fingerprint density at radius 2 is 1.96 bits per heavy atom. The maximum absolute atomic E-state index is 12.3. The van der Waals surface area contributed by atoms with Crippen molar-refractivity contribution < 1.29 is 19.1 Å². The molecule has 3 rings (SSSR count). The summed E-state index contributed by atoms with van der Waals surface area (Å²) >= 11 is 0. The first-order chi connectivity index (χ1) is 12.0. The first kappa shape index (κ1) is 16.6. The predicted molar refractivity (Wildman–Crippen MR) is 96.3 cm³/mol. The fraction of sp³-hybridized carbons (Fsp3) is 0.105. The third-order valence-electron chi connectivity index (χ3n) is 3.93. The minimum absolute atomic E-state index is 0.142. The summed E-state index contributed by atoms with van der Waals surface area (Å²) in [5.74, 6) is 6.76. The van der Waals surface area contributed by atoms with Gasteiger partial charge < -0.3 is 14.3 Å². The molecule has 0 aliphatic rings. The molecular formula is C19H18N2O4. The van der Waals surface area contributed by atoms with E-state index < -0.39 is 5.91 Å². The molecule has 0 spiro atoms. The van der Waals surface area contributed by atoms with E-state index >= 15 is 0 Å². The second-order valence-electron chi connectivity index (χ2n) is 5.48. The quantitative estimate of drug-likeness (QED) is 0.329. The van der Waals surface area contributed by atoms with Crippen LogP contribution in [0.2, 0.25) is 0 Å². The van der Waals surface area contributed by atoms with E-state index in [9.17, 15) is 9.90 Å². The topological polar surface area (TPSA) is 88.9 Å². The molecular weight excluding hydrogens is 320 g/mol. The lowest BCUT2D eigenvalue weighted by molar-refractivity contribution is -0.114. The first-order valence-electron chi connectivity index (χ1n) is 7.63. The van der Waals surface area contributed by atoms with Gasteiger partial charge in [-0.3, -0.25) is 4.79 Å². The van der Waals surface area contributed by atoms with Crippen LogP contribution in [0.1, 0.15) is 11.3 Å². The largest absolute Gasteiger partial charge is 0.507 e. The Labute approximate surface area is 144 Å². The van der Waals surface area contributed by atoms with Gasteiger partial charge in [-0.1, -0.05) is 6.07 Å². The molecule has 0 saturated carbocycles. The van der Waals surface area contributed by atoms with Crippen LogP contribution >= 0.6 is 0 Å². The molecule has 0 unspecified atom stereocenters. The van der Waals surface area contributed by atoms with Crippen molar-refractivity contribution in [1.29, 1.82) is 0 Å². The molecule has 25 heavy (non-hydrogen) atoms. The fourth-order valence-corrected chi connectivity index (χ4v) is 2.56. The third kappa shape index (κ3) is 3.20. The van der Waals surface area contributed by atoms with Crippen LogP contribution in [0.15, 0.2) is 53.0 Å². The number of fused-ring (bicyclic) bond motifs is 1. The molecule has 0 atom stereocenters. The second-order valence-corrected chi connectivity index (χ2v) is 5.48. The van der Waals surface area contributed by atoms with Crippen molar-refractivity contribution >= 4 is 28.6 Å². The summed E-state index contributed by atoms with van der Waals surface area (Å²) in [4.78, 5) is 12.3. The Bertz CT molecular complexity index is 942. The van der Waals surface area contributed by atoms with Gasteiger partial charge in [-0.15, -0.1) is 0 Å². The van der Waals surface area contributed by atoms with Crippen LogP contribution in [0.25, 0.3) is 17.0 Å². The molecule has 0 aliphatic heterocycles. The van der Waals surface area contributed by atoms with Gasteiger partial charge in [0.05, 0.1) is 18.2 Å². The zero-order chi connectivity index (χ0) is 18.0. The Morgan fingerprint density at radius 3 is 2.60 bits per heavy atom. The van der Waals surface area contributed by atoms with E-state index in [0.29, 0.717) is 28.2 Å². The number of phenols is 1. The van der Waals surface area contributed by atoms with E-state index in [1.54, 1.807) is 55.7 Å². The fourth-order valence-electron chi connectivity index (χ4n) is 2.56. The summed E-state index contributed by atoms with van der Waals surface area (Å²) in [5.41, 5.74) is 1.85. The van der Waals surface area contributed by atoms with Crippen molar-refractivity contribution in [2.75, 3.05) is 12.1 Å². The van der Waals surface area contributed by atoms with Gasteiger partial charge in [0.15, 0.2) is 0 Å². The average molecular weight is 338 g/mol. The molecule has 1 amide bonds. The highest BCUT2D eigenvalue weighted by atomic mass is 16.5. The summed E-state index contributed by atoms with van der Waals surface area (Å²) in [6.45, 7) is 1.82. The third-order valence-corrected chi connectivity index (χ3v) is 3.93. The van der Waals surface area contributed by atoms with Crippen molar-refractivity contribution in [3.05, 3.63) is 59.9 Å². The predicted octanol–water partition coefficient (Wildman–Crippen LogP) is 3.38. The second kappa shape index (κ2) is 6.70. The number of hydrazine groups is 1. The molecule has 0 fully saturated rings. The van der Waals surface area contributed by atoms with Crippen LogP contribution in [0.3, 0.4) is 0 Å². The van der Waals surface area contributed by atoms with Gasteiger partial charge in [-0.05, 0) is 49.4 Å². The van der Waals surface area contributed by atoms with Crippen LogP contribution in [0, 0.1) is 6.92 Å². The van der Waals surface area contributed by atoms with Gasteiger partial charge in [0.25, 0.3) is 5.91 Å². The number of carbonyl (C=O) groups is 1. The highest BCUT2D eigenvalue weighted by molar-refractivity contribution is 6.03. The number of hydrogen-bond acceptors (Lipinski definition) is 5. The van der Waals surface area contributed by atoms with Gasteiger partial charge >= 0.3 is 0 Å². The molecule has 2 aromatic carbocycles. The number of hydrogen-bond donors (Lipinski definition) is 2. The van der Waals surface area contributed by atoms with Crippen molar-refractivity contribution in [1.82, 2.24) is 0 Å². The number of nitrogens with two attached hydrogens (primary N) is 1. The number of phenolic OH excluding ortho intramolecular Hbond substituents is 1. The van der Waals surface area contributed by atoms with Crippen molar-refractivity contribution in [2.24, 2.45) is 5.84 Å². The number of benzene rings is 2. The van der Waals surface area contributed by atoms with Crippen LogP contribution in [0.5, 0.6) is 11.5 Å². The molecule has 0 aliphatic carbocycles. The van der Waals surface area contributed by atoms with Crippen LogP contribution < -0.4 is 15.6 Å². The first-order valence-corrected chi connectivity index (χ1v) is 7.63. The number of anilines is 1. The summed E-state index contributed by atoms with van der Waals surface area (Å²) in [6.07, 6.45) is 2.87. The minimum Gasteiger partial charge on any atom is -0.507 e. The maximum Gasteiger partial charge on any atom is 0.265 e. The van der Waals surface area contributed by atoms with Gasteiger partial charge in [0, 0.05) is 11.6 Å². The molecule has 0 bridgehead atoms. The highest BCUT2D eigenvalue weighted by Gasteiger charge is 2.13. The van der Waals surface area contributed by atoms with Gasteiger partial charge in [-0.25, -0.2) is 10.9 Å². The number of carbonyl (C=O) groups excluding carboxylic acids is 1. The monoisotopic (exact) mass is 338 g/mol. The lowest BCUT2D eigenvalue weighted by atomic mass is 10.1. The molecule has 128 valence electrons. The normalized spacial score (nSPS) is 11.2. The molecule has 1 aromatic heterocycles. The molecule has 3 aromatic rings. The van der Waals surface area contributed by atoms with Crippen LogP contribution in [0.4, 0.5) is 5.69 Å². The number of amides is 1. The maximum atomic E-state index is 12.3. The summed E-state index contributed by atoms with van der Waals surface area (Å²) in [7, 11) is 1.57. The number of ether oxygens (including phenoxy) is 1. The molecule has 6 heteroatoms. The standard InChI is InChI=1S/C19H18N2O4/c1-12-16(25-17-5-3-4-15(22)19(12)17)10-11-18(23)21(20)13-6-8-14(24-2)9-7-13/h3-11,22H,20H2,1-2H3/b11-10+. The van der Waals surface area contributed by atoms with E-state index in [0.717, 1.165) is 10.6 Å². The number of furan rings is 1. The van der Waals surface area contributed by atoms with E-state index in [4.69, 9.17) is 15.0 Å². The molecule has 0 saturated heterocycles. The number of aromatic hydroxyl groups is 1. The van der Waals surface area contributed by atoms with Gasteiger partial charge in [-0.2, -0.15) is 0 Å². The van der Waals surface area contributed by atoms with E-state index in [1.165, 1.54) is 6.08 Å². The van der Waals surface area contributed by atoms with E-state index in [1.807, 2.05) is 6.92 Å². The zero-order valence-electron chi connectivity index (χ0n) is 13.9. The zero-order valence-corrected chi connectivity index (χ0v) is 13.9. The minimum atomic E-state index is -0.408. The summed E-state index contributed by atoms with van der Waals surface area (Å²) in [5, 5.41) is 11.6. The number of methoxy groups -OCH3 is 1. The lowest BCUT2D eigenvalue weighted by Crippen LogP contribution is -2.36. The number of nitrogens with zero attached hydrogens (tertiary/aromatic N) is 1. The van der Waals surface area contributed by atoms with Crippen LogP contribution in [-0.4, -0.2) is 18.1 Å². The Hall–Kier alpha value is -3.25. The summed E-state index contributed by atoms with van der Waals surface area (Å²) < 4.78 is 10.7. The van der Waals surface area contributed by atoms with E-state index in [2.05, 4.69) is 0 Å². The number of rotatable bonds is 4. The molecule has 6 nitrogen and oxygen atoms in total. The highest BCUT2D eigenvalue weighted by Crippen LogP contribution is 2.32. The lowest BCUT2D eigenvalue weighted by Gasteiger charge is -2.14. The Morgan fingerprint density at radius 1 is 1.24 bits per heavy atom. The van der Waals surface area contributed by atoms with Gasteiger partial charge in [0.1, 0.15) is 22.8 Å². The Kier molecular flexibility index (Phi) is 4.45. The molecule has 1 heterocycles. The van der Waals surface area contributed by atoms with Crippen molar-refractivity contribution in [3.8, 4) is 11.5 Å². The van der Waals surface area contributed by atoms with Crippen molar-refractivity contribution in [3.63, 3.8) is 0 Å². The van der Waals surface area contributed by atoms with Gasteiger partial charge in [0.2, 0.25) is 0 Å². The van der Waals surface area contributed by atoms with E-state index in [-0.39, 0.29) is 5.75 Å². The van der Waals surface area contributed by atoms with Crippen molar-refractivity contribution in [2.45, 2.75) is 6.92 Å². The van der Waals surface area contributed by atoms with Crippen LogP contribution in [-0.2, 0) is 4.79 Å². The smallest absolute Gasteiger partial charge is 0.265 e. The SMILES string of the molecule is COc1ccc(N(N)C(=O)/C=C/c2oc3cccc(O)c3c2C)cc1.